The zero-order valence-electron chi connectivity index (χ0n) is 15.7. The van der Waals surface area contributed by atoms with Gasteiger partial charge in [0.25, 0.3) is 0 Å². The molecule has 0 amide bonds. The molecular formula is C17H36N2O2Si. The maximum absolute atomic E-state index is 11.4. The summed E-state index contributed by atoms with van der Waals surface area (Å²) in [6, 6.07) is 0. The molecule has 22 heavy (non-hydrogen) atoms. The Morgan fingerprint density at radius 2 is 1.59 bits per heavy atom. The molecule has 4 nitrogen and oxygen atoms in total. The van der Waals surface area contributed by atoms with Crippen LogP contribution in [0.1, 0.15) is 54.4 Å². The molecule has 5 heteroatoms. The normalized spacial score (nSPS) is 18.5. The maximum atomic E-state index is 11.4. The molecule has 1 saturated heterocycles. The van der Waals surface area contributed by atoms with Crippen LogP contribution in [0.15, 0.2) is 0 Å². The standard InChI is InChI=1S/C17H36N2O2Si/c1-14(2)22(15(3)4,16(5)6)19-11-8-10-18(13-19)12-9-17(20)21-7/h14-16H,8-13H2,1-7H3. The van der Waals surface area contributed by atoms with Gasteiger partial charge in [-0.25, -0.2) is 0 Å². The number of esters is 1. The summed E-state index contributed by atoms with van der Waals surface area (Å²) < 4.78 is 7.59. The van der Waals surface area contributed by atoms with Crippen LogP contribution < -0.4 is 0 Å². The molecule has 0 aromatic carbocycles. The van der Waals surface area contributed by atoms with Gasteiger partial charge in [-0.2, -0.15) is 0 Å². The summed E-state index contributed by atoms with van der Waals surface area (Å²) in [7, 11) is -0.0863. The van der Waals surface area contributed by atoms with E-state index in [2.05, 4.69) is 51.0 Å². The van der Waals surface area contributed by atoms with Gasteiger partial charge in [-0.3, -0.25) is 9.69 Å². The van der Waals surface area contributed by atoms with Crippen molar-refractivity contribution in [2.75, 3.05) is 33.4 Å². The number of hydrogen-bond acceptors (Lipinski definition) is 4. The molecule has 0 spiro atoms. The first-order valence-corrected chi connectivity index (χ1v) is 11.0. The summed E-state index contributed by atoms with van der Waals surface area (Å²) in [5, 5.41) is 0. The Morgan fingerprint density at radius 3 is 2.05 bits per heavy atom. The van der Waals surface area contributed by atoms with Crippen molar-refractivity contribution in [1.29, 1.82) is 0 Å². The van der Waals surface area contributed by atoms with Gasteiger partial charge in [0.2, 0.25) is 0 Å². The van der Waals surface area contributed by atoms with Crippen LogP contribution in [-0.4, -0.2) is 57.1 Å². The molecule has 1 fully saturated rings. The van der Waals surface area contributed by atoms with Gasteiger partial charge < -0.3 is 9.30 Å². The highest BCUT2D eigenvalue weighted by Gasteiger charge is 2.48. The van der Waals surface area contributed by atoms with Crippen molar-refractivity contribution in [2.45, 2.75) is 71.0 Å². The monoisotopic (exact) mass is 328 g/mol. The van der Waals surface area contributed by atoms with E-state index < -0.39 is 8.24 Å². The second-order valence-electron chi connectivity index (χ2n) is 7.55. The average molecular weight is 329 g/mol. The van der Waals surface area contributed by atoms with Crippen LogP contribution in [0.5, 0.6) is 0 Å². The highest BCUT2D eigenvalue weighted by atomic mass is 28.3. The molecule has 130 valence electrons. The summed E-state index contributed by atoms with van der Waals surface area (Å²) in [6.07, 6.45) is 1.71. The molecule has 0 N–H and O–H groups in total. The van der Waals surface area contributed by atoms with E-state index in [1.54, 1.807) is 0 Å². The molecule has 0 bridgehead atoms. The van der Waals surface area contributed by atoms with Crippen molar-refractivity contribution in [3.8, 4) is 0 Å². The lowest BCUT2D eigenvalue weighted by Gasteiger charge is -2.54. The summed E-state index contributed by atoms with van der Waals surface area (Å²) in [4.78, 5) is 13.8. The van der Waals surface area contributed by atoms with Gasteiger partial charge in [-0.15, -0.1) is 0 Å². The molecule has 1 heterocycles. The average Bonchev–Trinajstić information content (AvgIpc) is 2.44. The number of nitrogens with zero attached hydrogens (tertiary/aromatic N) is 2. The van der Waals surface area contributed by atoms with Crippen molar-refractivity contribution in [2.24, 2.45) is 0 Å². The van der Waals surface area contributed by atoms with Crippen LogP contribution in [-0.2, 0) is 9.53 Å². The molecule has 0 unspecified atom stereocenters. The van der Waals surface area contributed by atoms with Crippen molar-refractivity contribution in [3.63, 3.8) is 0 Å². The first-order chi connectivity index (χ1) is 10.3. The Balaban J connectivity index is 2.85. The predicted octanol–water partition coefficient (Wildman–Crippen LogP) is 3.69. The smallest absolute Gasteiger partial charge is 0.306 e. The lowest BCUT2D eigenvalue weighted by molar-refractivity contribution is -0.141. The molecule has 1 rings (SSSR count). The molecule has 0 aliphatic carbocycles. The lowest BCUT2D eigenvalue weighted by atomic mass is 10.3. The van der Waals surface area contributed by atoms with Crippen LogP contribution in [0.3, 0.4) is 0 Å². The first kappa shape index (κ1) is 19.7. The molecule has 1 aliphatic rings. The van der Waals surface area contributed by atoms with Crippen molar-refractivity contribution >= 4 is 14.2 Å². The number of hydrogen-bond donors (Lipinski definition) is 0. The zero-order valence-corrected chi connectivity index (χ0v) is 16.7. The largest absolute Gasteiger partial charge is 0.469 e. The van der Waals surface area contributed by atoms with Gasteiger partial charge in [0.05, 0.1) is 13.5 Å². The predicted molar refractivity (Wildman–Crippen MR) is 95.4 cm³/mol. The fourth-order valence-electron chi connectivity index (χ4n) is 4.81. The maximum Gasteiger partial charge on any atom is 0.306 e. The Hall–Kier alpha value is -0.393. The summed E-state index contributed by atoms with van der Waals surface area (Å²) in [5.74, 6) is -0.0998. The Morgan fingerprint density at radius 1 is 1.05 bits per heavy atom. The summed E-state index contributed by atoms with van der Waals surface area (Å²) in [5.41, 5.74) is 2.23. The van der Waals surface area contributed by atoms with Crippen LogP contribution in [0.2, 0.25) is 16.6 Å². The Labute approximate surface area is 138 Å². The lowest BCUT2D eigenvalue weighted by Crippen LogP contribution is -2.64. The van der Waals surface area contributed by atoms with Gasteiger partial charge in [0, 0.05) is 19.8 Å². The topological polar surface area (TPSA) is 32.8 Å². The van der Waals surface area contributed by atoms with E-state index in [-0.39, 0.29) is 5.97 Å². The molecule has 1 aliphatic heterocycles. The minimum absolute atomic E-state index is 0.0998. The molecule has 0 atom stereocenters. The van der Waals surface area contributed by atoms with Crippen molar-refractivity contribution < 1.29 is 9.53 Å². The van der Waals surface area contributed by atoms with Crippen LogP contribution in [0.4, 0.5) is 0 Å². The van der Waals surface area contributed by atoms with Crippen molar-refractivity contribution in [3.05, 3.63) is 0 Å². The summed E-state index contributed by atoms with van der Waals surface area (Å²) in [6.45, 7) is 18.7. The number of carbonyl (C=O) groups excluding carboxylic acids is 1. The molecule has 0 saturated carbocycles. The van der Waals surface area contributed by atoms with Gasteiger partial charge in [-0.1, -0.05) is 41.5 Å². The third kappa shape index (κ3) is 4.12. The van der Waals surface area contributed by atoms with E-state index in [0.29, 0.717) is 6.42 Å². The molecular weight excluding hydrogens is 292 g/mol. The van der Waals surface area contributed by atoms with Crippen LogP contribution in [0.25, 0.3) is 0 Å². The molecule has 0 radical (unpaired) electrons. The second-order valence-corrected chi connectivity index (χ2v) is 13.4. The number of rotatable bonds is 7. The van der Waals surface area contributed by atoms with Crippen LogP contribution in [0, 0.1) is 0 Å². The number of ether oxygens (including phenoxy) is 1. The number of methoxy groups -OCH3 is 1. The minimum Gasteiger partial charge on any atom is -0.469 e. The second kappa shape index (κ2) is 8.46. The van der Waals surface area contributed by atoms with Crippen molar-refractivity contribution in [1.82, 2.24) is 9.47 Å². The van der Waals surface area contributed by atoms with Gasteiger partial charge in [-0.05, 0) is 29.6 Å². The van der Waals surface area contributed by atoms with E-state index in [4.69, 9.17) is 4.74 Å². The Kier molecular flexibility index (Phi) is 7.55. The SMILES string of the molecule is COC(=O)CCN1CCCN([Si](C(C)C)(C(C)C)C(C)C)C1. The van der Waals surface area contributed by atoms with Gasteiger partial charge >= 0.3 is 5.97 Å². The minimum atomic E-state index is -1.56. The van der Waals surface area contributed by atoms with E-state index >= 15 is 0 Å². The third-order valence-electron chi connectivity index (χ3n) is 5.46. The fourth-order valence-corrected chi connectivity index (χ4v) is 12.0. The highest BCUT2D eigenvalue weighted by Crippen LogP contribution is 2.44. The highest BCUT2D eigenvalue weighted by molar-refractivity contribution is 6.80. The quantitative estimate of drug-likeness (QED) is 0.527. The number of carbonyl (C=O) groups is 1. The van der Waals surface area contributed by atoms with Gasteiger partial charge in [0.1, 0.15) is 8.24 Å². The van der Waals surface area contributed by atoms with E-state index in [1.807, 2.05) is 0 Å². The molecule has 0 aromatic rings. The Bertz CT molecular complexity index is 337. The zero-order chi connectivity index (χ0) is 16.9. The van der Waals surface area contributed by atoms with Gasteiger partial charge in [0.15, 0.2) is 0 Å². The van der Waals surface area contributed by atoms with E-state index in [1.165, 1.54) is 20.1 Å². The van der Waals surface area contributed by atoms with E-state index in [0.717, 1.165) is 36.4 Å². The molecule has 0 aromatic heterocycles. The first-order valence-electron chi connectivity index (χ1n) is 8.80. The summed E-state index contributed by atoms with van der Waals surface area (Å²) >= 11 is 0. The van der Waals surface area contributed by atoms with Crippen LogP contribution >= 0.6 is 0 Å². The fraction of sp³-hybridized carbons (Fsp3) is 0.941. The third-order valence-corrected chi connectivity index (χ3v) is 12.5. The van der Waals surface area contributed by atoms with E-state index in [9.17, 15) is 4.79 Å².